The third-order valence-corrected chi connectivity index (χ3v) is 10.4. The van der Waals surface area contributed by atoms with Gasteiger partial charge in [0.05, 0.1) is 0 Å². The molecule has 0 spiro atoms. The van der Waals surface area contributed by atoms with E-state index in [1.807, 2.05) is 0 Å². The van der Waals surface area contributed by atoms with Crippen LogP contribution < -0.4 is 0 Å². The predicted octanol–water partition coefficient (Wildman–Crippen LogP) is 14.1. The second kappa shape index (κ2) is 11.6. The molecule has 0 heterocycles. The molecule has 0 amide bonds. The quantitative estimate of drug-likeness (QED) is 0.134. The van der Waals surface area contributed by atoms with Gasteiger partial charge in [-0.2, -0.15) is 0 Å². The summed E-state index contributed by atoms with van der Waals surface area (Å²) < 4.78 is 0. The van der Waals surface area contributed by atoms with E-state index in [2.05, 4.69) is 194 Å². The maximum atomic E-state index is 2.42. The van der Waals surface area contributed by atoms with Crippen molar-refractivity contribution in [2.45, 2.75) is 0 Å². The molecular formula is C50H32. The molecule has 50 heavy (non-hydrogen) atoms. The maximum absolute atomic E-state index is 2.42. The Morgan fingerprint density at radius 3 is 1.58 bits per heavy atom. The molecule has 0 aliphatic rings. The minimum Gasteiger partial charge on any atom is -0.0622 e. The molecule has 0 unspecified atom stereocenters. The van der Waals surface area contributed by atoms with Crippen LogP contribution in [0.3, 0.4) is 0 Å². The lowest BCUT2D eigenvalue weighted by Gasteiger charge is -2.20. The number of benzene rings is 10. The predicted molar refractivity (Wildman–Crippen MR) is 216 cm³/mol. The van der Waals surface area contributed by atoms with Crippen LogP contribution in [-0.2, 0) is 0 Å². The van der Waals surface area contributed by atoms with Gasteiger partial charge < -0.3 is 0 Å². The Morgan fingerprint density at radius 1 is 0.200 bits per heavy atom. The van der Waals surface area contributed by atoms with Crippen molar-refractivity contribution in [2.75, 3.05) is 0 Å². The zero-order chi connectivity index (χ0) is 33.0. The van der Waals surface area contributed by atoms with Crippen LogP contribution in [0.15, 0.2) is 194 Å². The van der Waals surface area contributed by atoms with Crippen molar-refractivity contribution in [2.24, 2.45) is 0 Å². The van der Waals surface area contributed by atoms with Gasteiger partial charge in [-0.05, 0) is 117 Å². The first-order chi connectivity index (χ1) is 24.8. The molecule has 0 nitrogen and oxygen atoms in total. The van der Waals surface area contributed by atoms with Crippen molar-refractivity contribution < 1.29 is 0 Å². The SMILES string of the molecule is c1ccc(-c2ccc3c(-c4cccc5ccccc45)c4ccccc4c(-c4cccc(-c5cc6ccccc6c6ccccc56)c4)c3c2)cc1. The molecular weight excluding hydrogens is 601 g/mol. The molecule has 0 aromatic heterocycles. The summed E-state index contributed by atoms with van der Waals surface area (Å²) in [6, 6.07) is 71.4. The fraction of sp³-hybridized carbons (Fsp3) is 0. The van der Waals surface area contributed by atoms with E-state index in [9.17, 15) is 0 Å². The fourth-order valence-corrected chi connectivity index (χ4v) is 8.17. The second-order valence-electron chi connectivity index (χ2n) is 13.2. The molecule has 0 saturated carbocycles. The molecule has 0 aliphatic heterocycles. The lowest BCUT2D eigenvalue weighted by atomic mass is 9.83. The van der Waals surface area contributed by atoms with Crippen LogP contribution >= 0.6 is 0 Å². The molecule has 0 radical (unpaired) electrons. The van der Waals surface area contributed by atoms with E-state index in [4.69, 9.17) is 0 Å². The molecule has 10 aromatic rings. The van der Waals surface area contributed by atoms with Gasteiger partial charge in [-0.15, -0.1) is 0 Å². The highest BCUT2D eigenvalue weighted by Crippen LogP contribution is 2.47. The maximum Gasteiger partial charge on any atom is -0.00201 e. The summed E-state index contributed by atoms with van der Waals surface area (Å²) in [5.74, 6) is 0. The van der Waals surface area contributed by atoms with Gasteiger partial charge in [0.2, 0.25) is 0 Å². The Balaban J connectivity index is 1.30. The normalized spacial score (nSPS) is 11.6. The van der Waals surface area contributed by atoms with E-state index in [-0.39, 0.29) is 0 Å². The molecule has 10 rings (SSSR count). The molecule has 10 aromatic carbocycles. The highest BCUT2D eigenvalue weighted by atomic mass is 14.2. The molecule has 232 valence electrons. The molecule has 0 atom stereocenters. The van der Waals surface area contributed by atoms with Gasteiger partial charge in [0.25, 0.3) is 0 Å². The Bertz CT molecular complexity index is 2910. The summed E-state index contributed by atoms with van der Waals surface area (Å²) in [4.78, 5) is 0. The molecule has 0 saturated heterocycles. The van der Waals surface area contributed by atoms with Crippen LogP contribution in [0.4, 0.5) is 0 Å². The van der Waals surface area contributed by atoms with Gasteiger partial charge >= 0.3 is 0 Å². The summed E-state index contributed by atoms with van der Waals surface area (Å²) in [7, 11) is 0. The van der Waals surface area contributed by atoms with E-state index in [0.717, 1.165) is 0 Å². The van der Waals surface area contributed by atoms with Crippen molar-refractivity contribution >= 4 is 53.9 Å². The minimum absolute atomic E-state index is 1.22. The van der Waals surface area contributed by atoms with E-state index < -0.39 is 0 Å². The zero-order valence-electron chi connectivity index (χ0n) is 27.5. The largest absolute Gasteiger partial charge is 0.0622 e. The Hall–Kier alpha value is -6.50. The van der Waals surface area contributed by atoms with Gasteiger partial charge in [0.1, 0.15) is 0 Å². The third kappa shape index (κ3) is 4.54. The first kappa shape index (κ1) is 28.5. The highest BCUT2D eigenvalue weighted by molar-refractivity contribution is 6.24. The second-order valence-corrected chi connectivity index (χ2v) is 13.2. The van der Waals surface area contributed by atoms with Crippen LogP contribution in [0.5, 0.6) is 0 Å². The summed E-state index contributed by atoms with van der Waals surface area (Å²) >= 11 is 0. The summed E-state index contributed by atoms with van der Waals surface area (Å²) in [6.45, 7) is 0. The lowest BCUT2D eigenvalue weighted by Crippen LogP contribution is -1.93. The third-order valence-electron chi connectivity index (χ3n) is 10.4. The van der Waals surface area contributed by atoms with E-state index in [0.29, 0.717) is 0 Å². The van der Waals surface area contributed by atoms with Gasteiger partial charge in [-0.25, -0.2) is 0 Å². The minimum atomic E-state index is 1.22. The molecule has 0 N–H and O–H groups in total. The molecule has 0 fully saturated rings. The van der Waals surface area contributed by atoms with Crippen molar-refractivity contribution in [1.82, 2.24) is 0 Å². The van der Waals surface area contributed by atoms with Crippen LogP contribution in [0.25, 0.3) is 98.4 Å². The smallest absolute Gasteiger partial charge is 0.00201 e. The van der Waals surface area contributed by atoms with Crippen LogP contribution in [0, 0.1) is 0 Å². The summed E-state index contributed by atoms with van der Waals surface area (Å²) in [5.41, 5.74) is 9.95. The van der Waals surface area contributed by atoms with Crippen LogP contribution in [0.1, 0.15) is 0 Å². The number of fused-ring (bicyclic) bond motifs is 6. The lowest BCUT2D eigenvalue weighted by molar-refractivity contribution is 1.63. The molecule has 0 bridgehead atoms. The van der Waals surface area contributed by atoms with Crippen molar-refractivity contribution in [1.29, 1.82) is 0 Å². The van der Waals surface area contributed by atoms with Gasteiger partial charge in [0.15, 0.2) is 0 Å². The summed E-state index contributed by atoms with van der Waals surface area (Å²) in [5, 5.41) is 12.7. The van der Waals surface area contributed by atoms with Crippen molar-refractivity contribution in [3.8, 4) is 44.5 Å². The highest BCUT2D eigenvalue weighted by Gasteiger charge is 2.19. The van der Waals surface area contributed by atoms with Crippen molar-refractivity contribution in [3.05, 3.63) is 194 Å². The number of hydrogen-bond donors (Lipinski definition) is 0. The standard InChI is InChI=1S/C50H32/c1-2-14-33(15-3-1)35-28-29-46-48(31-35)49(44-25-10-11-26-45(44)50(46)43-27-13-18-34-16-4-6-21-39(34)43)38-20-12-19-36(30-38)47-32-37-17-5-7-22-40(37)41-23-8-9-24-42(41)47/h1-32H. The van der Waals surface area contributed by atoms with E-state index in [1.54, 1.807) is 0 Å². The Morgan fingerprint density at radius 2 is 0.760 bits per heavy atom. The average molecular weight is 633 g/mol. The van der Waals surface area contributed by atoms with E-state index >= 15 is 0 Å². The van der Waals surface area contributed by atoms with Crippen LogP contribution in [0.2, 0.25) is 0 Å². The van der Waals surface area contributed by atoms with E-state index in [1.165, 1.54) is 98.4 Å². The topological polar surface area (TPSA) is 0 Å². The van der Waals surface area contributed by atoms with Gasteiger partial charge in [0, 0.05) is 0 Å². The van der Waals surface area contributed by atoms with Gasteiger partial charge in [-0.3, -0.25) is 0 Å². The van der Waals surface area contributed by atoms with Crippen molar-refractivity contribution in [3.63, 3.8) is 0 Å². The first-order valence-electron chi connectivity index (χ1n) is 17.4. The molecule has 0 heteroatoms. The Kier molecular flexibility index (Phi) is 6.60. The monoisotopic (exact) mass is 632 g/mol. The van der Waals surface area contributed by atoms with Crippen LogP contribution in [-0.4, -0.2) is 0 Å². The average Bonchev–Trinajstić information content (AvgIpc) is 3.19. The first-order valence-corrected chi connectivity index (χ1v) is 17.4. The molecule has 0 aliphatic carbocycles. The Labute approximate surface area is 291 Å². The number of rotatable bonds is 4. The van der Waals surface area contributed by atoms with Gasteiger partial charge in [-0.1, -0.05) is 176 Å². The zero-order valence-corrected chi connectivity index (χ0v) is 27.5. The summed E-state index contributed by atoms with van der Waals surface area (Å²) in [6.07, 6.45) is 0. The fourth-order valence-electron chi connectivity index (χ4n) is 8.17. The number of hydrogen-bond acceptors (Lipinski definition) is 0.